The van der Waals surface area contributed by atoms with Gasteiger partial charge < -0.3 is 14.9 Å². The van der Waals surface area contributed by atoms with Crippen molar-refractivity contribution in [2.45, 2.75) is 44.5 Å². The van der Waals surface area contributed by atoms with Gasteiger partial charge in [0.05, 0.1) is 12.2 Å². The quantitative estimate of drug-likeness (QED) is 0.874. The molecule has 1 aromatic carbocycles. The van der Waals surface area contributed by atoms with Gasteiger partial charge >= 0.3 is 5.97 Å². The van der Waals surface area contributed by atoms with Gasteiger partial charge in [-0.15, -0.1) is 0 Å². The zero-order valence-corrected chi connectivity index (χ0v) is 10.9. The Hall–Kier alpha value is -1.46. The summed E-state index contributed by atoms with van der Waals surface area (Å²) in [6.45, 7) is 3.13. The van der Waals surface area contributed by atoms with E-state index in [1.807, 2.05) is 0 Å². The number of hydrogen-bond acceptors (Lipinski definition) is 3. The number of aliphatic hydroxyl groups excluding tert-OH is 1. The lowest BCUT2D eigenvalue weighted by atomic mass is 9.95. The van der Waals surface area contributed by atoms with Crippen LogP contribution in [0.3, 0.4) is 0 Å². The Morgan fingerprint density at radius 1 is 1.47 bits per heavy atom. The highest BCUT2D eigenvalue weighted by molar-refractivity contribution is 5.81. The molecule has 1 aliphatic rings. The zero-order chi connectivity index (χ0) is 14.2. The van der Waals surface area contributed by atoms with Gasteiger partial charge in [0.25, 0.3) is 0 Å². The normalized spacial score (nSPS) is 24.8. The van der Waals surface area contributed by atoms with E-state index in [-0.39, 0.29) is 6.42 Å². The average molecular weight is 268 g/mol. The molecule has 0 aliphatic heterocycles. The van der Waals surface area contributed by atoms with E-state index in [0.29, 0.717) is 17.5 Å². The van der Waals surface area contributed by atoms with Gasteiger partial charge in [-0.25, -0.2) is 9.18 Å². The van der Waals surface area contributed by atoms with Gasteiger partial charge in [0, 0.05) is 5.56 Å². The van der Waals surface area contributed by atoms with Gasteiger partial charge in [-0.1, -0.05) is 12.1 Å². The molecule has 0 fully saturated rings. The van der Waals surface area contributed by atoms with Crippen LogP contribution < -0.4 is 0 Å². The van der Waals surface area contributed by atoms with E-state index in [1.54, 1.807) is 13.0 Å². The predicted octanol–water partition coefficient (Wildman–Crippen LogP) is 1.84. The molecule has 19 heavy (non-hydrogen) atoms. The fraction of sp³-hybridized carbons (Fsp3) is 0.500. The van der Waals surface area contributed by atoms with Crippen molar-refractivity contribution in [3.8, 4) is 0 Å². The molecule has 0 spiro atoms. The minimum atomic E-state index is -1.56. The average Bonchev–Trinajstić information content (AvgIpc) is 2.71. The first-order chi connectivity index (χ1) is 8.88. The van der Waals surface area contributed by atoms with Crippen LogP contribution in [0.15, 0.2) is 18.2 Å². The molecule has 0 saturated heterocycles. The number of aliphatic carboxylic acids is 1. The maximum Gasteiger partial charge on any atom is 0.340 e. The standard InChI is InChI=1S/C14H17FO4/c1-8(16)9(2)19-14(13(17)18)7-6-10-11(14)4-3-5-12(10)15/h3-5,8-9,16H,6-7H2,1-2H3,(H,17,18). The van der Waals surface area contributed by atoms with Crippen molar-refractivity contribution < 1.29 is 24.1 Å². The number of hydrogen-bond donors (Lipinski definition) is 2. The van der Waals surface area contributed by atoms with Crippen molar-refractivity contribution in [1.29, 1.82) is 0 Å². The third kappa shape index (κ3) is 2.24. The molecule has 0 amide bonds. The molecule has 0 radical (unpaired) electrons. The SMILES string of the molecule is CC(O)C(C)OC1(C(=O)O)CCc2c(F)cccc21. The van der Waals surface area contributed by atoms with E-state index in [4.69, 9.17) is 4.74 Å². The van der Waals surface area contributed by atoms with Crippen LogP contribution >= 0.6 is 0 Å². The first-order valence-electron chi connectivity index (χ1n) is 6.25. The van der Waals surface area contributed by atoms with Crippen LogP contribution in [0.4, 0.5) is 4.39 Å². The Labute approximate surface area is 110 Å². The van der Waals surface area contributed by atoms with Crippen molar-refractivity contribution in [2.24, 2.45) is 0 Å². The number of halogens is 1. The lowest BCUT2D eigenvalue weighted by Gasteiger charge is -2.30. The third-order valence-electron chi connectivity index (χ3n) is 3.69. The fourth-order valence-corrected chi connectivity index (χ4v) is 2.44. The maximum absolute atomic E-state index is 13.7. The highest BCUT2D eigenvalue weighted by Gasteiger charge is 2.49. The topological polar surface area (TPSA) is 66.8 Å². The molecular weight excluding hydrogens is 251 g/mol. The number of carbonyl (C=O) groups is 1. The molecule has 4 nitrogen and oxygen atoms in total. The highest BCUT2D eigenvalue weighted by Crippen LogP contribution is 2.42. The number of fused-ring (bicyclic) bond motifs is 1. The van der Waals surface area contributed by atoms with Crippen LogP contribution in [0.5, 0.6) is 0 Å². The lowest BCUT2D eigenvalue weighted by molar-refractivity contribution is -0.182. The molecule has 3 unspecified atom stereocenters. The molecule has 0 bridgehead atoms. The number of aliphatic hydroxyl groups is 1. The molecule has 0 saturated carbocycles. The smallest absolute Gasteiger partial charge is 0.340 e. The second-order valence-electron chi connectivity index (χ2n) is 4.96. The molecule has 0 heterocycles. The second-order valence-corrected chi connectivity index (χ2v) is 4.96. The number of carboxylic acid groups (broad SMARTS) is 1. The Morgan fingerprint density at radius 2 is 2.16 bits per heavy atom. The van der Waals surface area contributed by atoms with Crippen LogP contribution in [0.2, 0.25) is 0 Å². The van der Waals surface area contributed by atoms with E-state index >= 15 is 0 Å². The minimum absolute atomic E-state index is 0.176. The first kappa shape index (κ1) is 14.0. The Bertz CT molecular complexity index is 500. The molecule has 2 rings (SSSR count). The van der Waals surface area contributed by atoms with Gasteiger partial charge in [0.2, 0.25) is 0 Å². The summed E-state index contributed by atoms with van der Waals surface area (Å²) >= 11 is 0. The summed E-state index contributed by atoms with van der Waals surface area (Å²) in [7, 11) is 0. The van der Waals surface area contributed by atoms with Crippen molar-refractivity contribution in [3.63, 3.8) is 0 Å². The van der Waals surface area contributed by atoms with Crippen molar-refractivity contribution in [2.75, 3.05) is 0 Å². The Morgan fingerprint density at radius 3 is 2.74 bits per heavy atom. The van der Waals surface area contributed by atoms with Gasteiger partial charge in [0.15, 0.2) is 5.60 Å². The molecule has 3 atom stereocenters. The van der Waals surface area contributed by atoms with E-state index in [0.717, 1.165) is 0 Å². The fourth-order valence-electron chi connectivity index (χ4n) is 2.44. The summed E-state index contributed by atoms with van der Waals surface area (Å²) in [6.07, 6.45) is -0.949. The third-order valence-corrected chi connectivity index (χ3v) is 3.69. The molecule has 2 N–H and O–H groups in total. The van der Waals surface area contributed by atoms with Gasteiger partial charge in [-0.05, 0) is 38.3 Å². The summed E-state index contributed by atoms with van der Waals surface area (Å²) < 4.78 is 19.3. The van der Waals surface area contributed by atoms with E-state index in [9.17, 15) is 19.4 Å². The van der Waals surface area contributed by atoms with Crippen molar-refractivity contribution >= 4 is 5.97 Å². The summed E-state index contributed by atoms with van der Waals surface area (Å²) in [5.74, 6) is -1.56. The van der Waals surface area contributed by atoms with E-state index in [2.05, 4.69) is 0 Å². The first-order valence-corrected chi connectivity index (χ1v) is 6.25. The molecule has 0 aromatic heterocycles. The molecule has 5 heteroatoms. The number of benzene rings is 1. The van der Waals surface area contributed by atoms with E-state index in [1.165, 1.54) is 19.1 Å². The van der Waals surface area contributed by atoms with Crippen LogP contribution in [-0.2, 0) is 21.6 Å². The van der Waals surface area contributed by atoms with Crippen LogP contribution in [0, 0.1) is 5.82 Å². The summed E-state index contributed by atoms with van der Waals surface area (Å²) in [4.78, 5) is 11.6. The second kappa shape index (κ2) is 4.90. The number of rotatable bonds is 4. The largest absolute Gasteiger partial charge is 0.479 e. The summed E-state index contributed by atoms with van der Waals surface area (Å²) in [5, 5.41) is 19.0. The molecule has 1 aliphatic carbocycles. The zero-order valence-electron chi connectivity index (χ0n) is 10.9. The maximum atomic E-state index is 13.7. The van der Waals surface area contributed by atoms with E-state index < -0.39 is 29.6 Å². The summed E-state index contributed by atoms with van der Waals surface area (Å²) in [6, 6.07) is 4.37. The Balaban J connectivity index is 2.45. The van der Waals surface area contributed by atoms with Crippen LogP contribution in [-0.4, -0.2) is 28.4 Å². The Kier molecular flexibility index (Phi) is 3.60. The number of ether oxygens (including phenoxy) is 1. The van der Waals surface area contributed by atoms with Crippen LogP contribution in [0.1, 0.15) is 31.4 Å². The number of carboxylic acids is 1. The summed E-state index contributed by atoms with van der Waals surface area (Å²) in [5.41, 5.74) is -0.816. The van der Waals surface area contributed by atoms with Crippen molar-refractivity contribution in [3.05, 3.63) is 35.1 Å². The monoisotopic (exact) mass is 268 g/mol. The lowest BCUT2D eigenvalue weighted by Crippen LogP contribution is -2.42. The minimum Gasteiger partial charge on any atom is -0.479 e. The molecule has 1 aromatic rings. The van der Waals surface area contributed by atoms with Gasteiger partial charge in [-0.2, -0.15) is 0 Å². The van der Waals surface area contributed by atoms with Gasteiger partial charge in [0.1, 0.15) is 5.82 Å². The highest BCUT2D eigenvalue weighted by atomic mass is 19.1. The molecular formula is C14H17FO4. The predicted molar refractivity (Wildman–Crippen MR) is 66.3 cm³/mol. The molecule has 104 valence electrons. The van der Waals surface area contributed by atoms with Crippen molar-refractivity contribution in [1.82, 2.24) is 0 Å². The van der Waals surface area contributed by atoms with Gasteiger partial charge in [-0.3, -0.25) is 0 Å². The van der Waals surface area contributed by atoms with Crippen LogP contribution in [0.25, 0.3) is 0 Å².